The van der Waals surface area contributed by atoms with Crippen LogP contribution in [0.1, 0.15) is 15.9 Å². The van der Waals surface area contributed by atoms with Gasteiger partial charge in [0.2, 0.25) is 0 Å². The monoisotopic (exact) mass is 398 g/mol. The lowest BCUT2D eigenvalue weighted by molar-refractivity contribution is -0.385. The maximum atomic E-state index is 11.4. The first-order valence-electron chi connectivity index (χ1n) is 6.50. The van der Waals surface area contributed by atoms with Crippen LogP contribution in [0.4, 0.5) is 11.5 Å². The number of nitrogens with two attached hydrogens (primary N) is 1. The van der Waals surface area contributed by atoms with Gasteiger partial charge in [0.05, 0.1) is 10.5 Å². The Morgan fingerprint density at radius 1 is 1.43 bits per heavy atom. The van der Waals surface area contributed by atoms with E-state index in [1.807, 2.05) is 12.1 Å². The Morgan fingerprint density at radius 3 is 2.83 bits per heavy atom. The number of nitrogens with one attached hydrogen (secondary N) is 1. The fourth-order valence-electron chi connectivity index (χ4n) is 1.93. The van der Waals surface area contributed by atoms with Crippen LogP contribution in [0.3, 0.4) is 0 Å². The Hall–Kier alpha value is -2.19. The Labute approximate surface area is 145 Å². The van der Waals surface area contributed by atoms with Crippen LogP contribution < -0.4 is 11.1 Å². The van der Waals surface area contributed by atoms with Gasteiger partial charge in [-0.2, -0.15) is 0 Å². The number of pyridine rings is 1. The first kappa shape index (κ1) is 17.2. The number of aromatic nitrogens is 1. The molecular weight excluding hydrogens is 388 g/mol. The second-order valence-corrected chi connectivity index (χ2v) is 5.91. The summed E-state index contributed by atoms with van der Waals surface area (Å²) < 4.78 is 0.912. The van der Waals surface area contributed by atoms with Crippen LogP contribution in [-0.4, -0.2) is 22.4 Å². The Morgan fingerprint density at radius 2 is 2.17 bits per heavy atom. The summed E-state index contributed by atoms with van der Waals surface area (Å²) in [6, 6.07) is 6.54. The molecule has 2 rings (SSSR count). The van der Waals surface area contributed by atoms with Gasteiger partial charge in [0.15, 0.2) is 0 Å². The van der Waals surface area contributed by atoms with Crippen molar-refractivity contribution >= 4 is 44.9 Å². The second-order valence-electron chi connectivity index (χ2n) is 4.62. The van der Waals surface area contributed by atoms with Crippen molar-refractivity contribution in [2.45, 2.75) is 6.42 Å². The number of primary amides is 1. The van der Waals surface area contributed by atoms with Gasteiger partial charge < -0.3 is 11.1 Å². The lowest BCUT2D eigenvalue weighted by Gasteiger charge is -2.10. The predicted octanol–water partition coefficient (Wildman–Crippen LogP) is 3.16. The number of hydrogen-bond donors (Lipinski definition) is 2. The van der Waals surface area contributed by atoms with E-state index in [-0.39, 0.29) is 17.1 Å². The Balaban J connectivity index is 2.12. The Kier molecular flexibility index (Phi) is 5.51. The number of carbonyl (C=O) groups is 1. The molecule has 0 aliphatic heterocycles. The van der Waals surface area contributed by atoms with Gasteiger partial charge in [0.1, 0.15) is 12.0 Å². The lowest BCUT2D eigenvalue weighted by Crippen LogP contribution is -2.17. The molecule has 0 saturated heterocycles. The first-order valence-corrected chi connectivity index (χ1v) is 7.67. The summed E-state index contributed by atoms with van der Waals surface area (Å²) in [6.07, 6.45) is 1.68. The van der Waals surface area contributed by atoms with Crippen LogP contribution in [0.15, 0.2) is 34.9 Å². The highest BCUT2D eigenvalue weighted by atomic mass is 79.9. The van der Waals surface area contributed by atoms with Gasteiger partial charge in [-0.15, -0.1) is 0 Å². The van der Waals surface area contributed by atoms with Gasteiger partial charge in [-0.1, -0.05) is 27.5 Å². The predicted molar refractivity (Wildman–Crippen MR) is 90.8 cm³/mol. The van der Waals surface area contributed by atoms with Gasteiger partial charge in [0.25, 0.3) is 11.6 Å². The van der Waals surface area contributed by atoms with E-state index in [9.17, 15) is 14.9 Å². The largest absolute Gasteiger partial charge is 0.369 e. The fraction of sp³-hybridized carbons (Fsp3) is 0.143. The third kappa shape index (κ3) is 4.40. The number of hydrogen-bond acceptors (Lipinski definition) is 5. The van der Waals surface area contributed by atoms with E-state index in [0.717, 1.165) is 22.3 Å². The molecule has 7 nitrogen and oxygen atoms in total. The van der Waals surface area contributed by atoms with Gasteiger partial charge in [-0.25, -0.2) is 4.98 Å². The van der Waals surface area contributed by atoms with E-state index in [1.165, 1.54) is 0 Å². The first-order chi connectivity index (χ1) is 10.9. The van der Waals surface area contributed by atoms with Crippen molar-refractivity contribution in [2.24, 2.45) is 5.73 Å². The number of anilines is 1. The summed E-state index contributed by atoms with van der Waals surface area (Å²) in [5.74, 6) is -0.575. The minimum Gasteiger partial charge on any atom is -0.369 e. The number of nitrogens with zero attached hydrogens (tertiary/aromatic N) is 2. The summed E-state index contributed by atoms with van der Waals surface area (Å²) in [5, 5.41) is 14.3. The number of nitro groups is 1. The normalized spacial score (nSPS) is 10.3. The lowest BCUT2D eigenvalue weighted by atomic mass is 10.1. The molecule has 3 N–H and O–H groups in total. The van der Waals surface area contributed by atoms with E-state index < -0.39 is 10.8 Å². The third-order valence-electron chi connectivity index (χ3n) is 3.04. The molecule has 9 heteroatoms. The van der Waals surface area contributed by atoms with Gasteiger partial charge in [-0.3, -0.25) is 14.9 Å². The number of carbonyl (C=O) groups excluding carboxylic acids is 1. The Bertz CT molecular complexity index is 770. The van der Waals surface area contributed by atoms with Crippen LogP contribution in [0.5, 0.6) is 0 Å². The minimum absolute atomic E-state index is 0.0237. The molecule has 1 aromatic heterocycles. The van der Waals surface area contributed by atoms with Gasteiger partial charge in [-0.05, 0) is 30.2 Å². The van der Waals surface area contributed by atoms with Crippen LogP contribution in [0.25, 0.3) is 0 Å². The molecule has 2 aromatic rings. The number of amides is 1. The van der Waals surface area contributed by atoms with E-state index >= 15 is 0 Å². The molecule has 23 heavy (non-hydrogen) atoms. The molecule has 120 valence electrons. The SMILES string of the molecule is NC(=O)c1cc([N+](=O)[O-])cnc1NCCc1cc(Cl)ccc1Br. The molecule has 0 spiro atoms. The van der Waals surface area contributed by atoms with Gasteiger partial charge in [0, 0.05) is 22.1 Å². The summed E-state index contributed by atoms with van der Waals surface area (Å²) in [4.78, 5) is 25.4. The van der Waals surface area contributed by atoms with Crippen molar-refractivity contribution in [2.75, 3.05) is 11.9 Å². The topological polar surface area (TPSA) is 111 Å². The highest BCUT2D eigenvalue weighted by Crippen LogP contribution is 2.22. The molecular formula is C14H12BrClN4O3. The van der Waals surface area contributed by atoms with E-state index in [1.54, 1.807) is 6.07 Å². The molecule has 0 aliphatic carbocycles. The van der Waals surface area contributed by atoms with E-state index in [2.05, 4.69) is 26.2 Å². The molecule has 0 radical (unpaired) electrons. The summed E-state index contributed by atoms with van der Waals surface area (Å²) >= 11 is 9.38. The van der Waals surface area contributed by atoms with Crippen molar-refractivity contribution in [3.8, 4) is 0 Å². The van der Waals surface area contributed by atoms with Crippen LogP contribution in [-0.2, 0) is 6.42 Å². The van der Waals surface area contributed by atoms with Crippen LogP contribution >= 0.6 is 27.5 Å². The molecule has 1 amide bonds. The van der Waals surface area contributed by atoms with Gasteiger partial charge >= 0.3 is 0 Å². The van der Waals surface area contributed by atoms with Crippen LogP contribution in [0, 0.1) is 10.1 Å². The highest BCUT2D eigenvalue weighted by Gasteiger charge is 2.16. The minimum atomic E-state index is -0.785. The average molecular weight is 400 g/mol. The summed E-state index contributed by atoms with van der Waals surface area (Å²) in [6.45, 7) is 0.448. The average Bonchev–Trinajstić information content (AvgIpc) is 2.50. The van der Waals surface area contributed by atoms with Crippen molar-refractivity contribution in [3.63, 3.8) is 0 Å². The molecule has 1 heterocycles. The number of rotatable bonds is 6. The summed E-state index contributed by atoms with van der Waals surface area (Å²) in [7, 11) is 0. The van der Waals surface area contributed by atoms with E-state index in [0.29, 0.717) is 18.0 Å². The van der Waals surface area contributed by atoms with Crippen LogP contribution in [0.2, 0.25) is 5.02 Å². The smallest absolute Gasteiger partial charge is 0.288 e. The maximum absolute atomic E-state index is 11.4. The summed E-state index contributed by atoms with van der Waals surface area (Å²) in [5.41, 5.74) is 5.91. The molecule has 1 aromatic carbocycles. The molecule has 0 saturated carbocycles. The second kappa shape index (κ2) is 7.38. The highest BCUT2D eigenvalue weighted by molar-refractivity contribution is 9.10. The zero-order chi connectivity index (χ0) is 17.0. The van der Waals surface area contributed by atoms with Crippen molar-refractivity contribution < 1.29 is 9.72 Å². The number of benzene rings is 1. The zero-order valence-corrected chi connectivity index (χ0v) is 14.1. The van der Waals surface area contributed by atoms with Crippen molar-refractivity contribution in [3.05, 3.63) is 61.2 Å². The zero-order valence-electron chi connectivity index (χ0n) is 11.8. The molecule has 0 fully saturated rings. The van der Waals surface area contributed by atoms with E-state index in [4.69, 9.17) is 17.3 Å². The molecule has 0 bridgehead atoms. The standard InChI is InChI=1S/C14H12BrClN4O3/c15-12-2-1-9(16)5-8(12)3-4-18-14-11(13(17)21)6-10(7-19-14)20(22)23/h1-2,5-7H,3-4H2,(H2,17,21)(H,18,19). The number of halogens is 2. The quantitative estimate of drug-likeness (QED) is 0.572. The molecule has 0 unspecified atom stereocenters. The van der Waals surface area contributed by atoms with Crippen molar-refractivity contribution in [1.29, 1.82) is 0 Å². The third-order valence-corrected chi connectivity index (χ3v) is 4.05. The molecule has 0 aliphatic rings. The maximum Gasteiger partial charge on any atom is 0.288 e. The van der Waals surface area contributed by atoms with Crippen molar-refractivity contribution in [1.82, 2.24) is 4.98 Å². The molecule has 0 atom stereocenters. The fourth-order valence-corrected chi connectivity index (χ4v) is 2.57.